The second-order valence-electron chi connectivity index (χ2n) is 9.08. The fourth-order valence-corrected chi connectivity index (χ4v) is 4.80. The number of anilines is 2. The number of benzene rings is 2. The summed E-state index contributed by atoms with van der Waals surface area (Å²) in [6, 6.07) is 6.45. The number of phenols is 1. The van der Waals surface area contributed by atoms with Crippen LogP contribution in [0, 0.1) is 0 Å². The van der Waals surface area contributed by atoms with Gasteiger partial charge < -0.3 is 20.5 Å². The summed E-state index contributed by atoms with van der Waals surface area (Å²) in [7, 11) is 0. The van der Waals surface area contributed by atoms with Crippen molar-refractivity contribution < 1.29 is 14.6 Å². The summed E-state index contributed by atoms with van der Waals surface area (Å²) >= 11 is 6.62. The van der Waals surface area contributed by atoms with Crippen molar-refractivity contribution in [3.8, 4) is 17.2 Å². The number of carbonyl (C=O) groups excluding carboxylic acids is 1. The van der Waals surface area contributed by atoms with E-state index in [-0.39, 0.29) is 17.2 Å². The molecule has 1 heterocycles. The molecule has 192 valence electrons. The summed E-state index contributed by atoms with van der Waals surface area (Å²) < 4.78 is 6.18. The second-order valence-corrected chi connectivity index (χ2v) is 9.49. The molecule has 0 saturated heterocycles. The van der Waals surface area contributed by atoms with Gasteiger partial charge in [-0.1, -0.05) is 62.1 Å². The maximum Gasteiger partial charge on any atom is 0.255 e. The minimum absolute atomic E-state index is 0.0871. The van der Waals surface area contributed by atoms with E-state index >= 15 is 0 Å². The standard InChI is InChI=1S/C26H33ClN6O3/c1-2-3-4-5-6-7-8-14-28-25(35)20-15-17(12-13-23(20)34)36-24-19-11-9-10-18(19)22(16-21(24)27)29-26-30-32-33-31-26/h12-13,15-16,34H,2-11,14H2,1H3,(H,28,35)(H2,29,30,31,32,33). The van der Waals surface area contributed by atoms with Crippen molar-refractivity contribution in [1.82, 2.24) is 25.9 Å². The van der Waals surface area contributed by atoms with Gasteiger partial charge >= 0.3 is 0 Å². The lowest BCUT2D eigenvalue weighted by molar-refractivity contribution is 0.0950. The third-order valence-electron chi connectivity index (χ3n) is 6.40. The summed E-state index contributed by atoms with van der Waals surface area (Å²) in [5.41, 5.74) is 3.11. The highest BCUT2D eigenvalue weighted by Crippen LogP contribution is 2.44. The number of nitrogens with zero attached hydrogens (tertiary/aromatic N) is 3. The van der Waals surface area contributed by atoms with Gasteiger partial charge in [-0.3, -0.25) is 4.79 Å². The van der Waals surface area contributed by atoms with Crippen molar-refractivity contribution in [3.05, 3.63) is 46.0 Å². The smallest absolute Gasteiger partial charge is 0.255 e. The number of halogens is 1. The van der Waals surface area contributed by atoms with Crippen LogP contribution in [0.25, 0.3) is 0 Å². The molecular weight excluding hydrogens is 480 g/mol. The van der Waals surface area contributed by atoms with Crippen LogP contribution in [0.15, 0.2) is 24.3 Å². The van der Waals surface area contributed by atoms with Crippen LogP contribution >= 0.6 is 11.6 Å². The topological polar surface area (TPSA) is 125 Å². The molecule has 1 aromatic heterocycles. The third-order valence-corrected chi connectivity index (χ3v) is 6.68. The Morgan fingerprint density at radius 1 is 1.11 bits per heavy atom. The fourth-order valence-electron chi connectivity index (χ4n) is 4.53. The highest BCUT2D eigenvalue weighted by molar-refractivity contribution is 6.32. The van der Waals surface area contributed by atoms with Gasteiger partial charge in [0.1, 0.15) is 17.2 Å². The third kappa shape index (κ3) is 6.46. The number of unbranched alkanes of at least 4 members (excludes halogenated alkanes) is 6. The van der Waals surface area contributed by atoms with Crippen molar-refractivity contribution in [3.63, 3.8) is 0 Å². The van der Waals surface area contributed by atoms with Crippen molar-refractivity contribution in [1.29, 1.82) is 0 Å². The summed E-state index contributed by atoms with van der Waals surface area (Å²) in [4.78, 5) is 12.7. The largest absolute Gasteiger partial charge is 0.507 e. The Balaban J connectivity index is 1.41. The number of aromatic nitrogens is 4. The van der Waals surface area contributed by atoms with Gasteiger partial charge in [0.25, 0.3) is 5.91 Å². The number of aromatic hydroxyl groups is 1. The maximum atomic E-state index is 12.7. The quantitative estimate of drug-likeness (QED) is 0.205. The predicted octanol–water partition coefficient (Wildman–Crippen LogP) is 6.06. The lowest BCUT2D eigenvalue weighted by atomic mass is 10.1. The molecule has 0 radical (unpaired) electrons. The monoisotopic (exact) mass is 512 g/mol. The molecule has 1 aliphatic rings. The Bertz CT molecular complexity index is 1170. The number of aromatic amines is 1. The van der Waals surface area contributed by atoms with Gasteiger partial charge in [-0.05, 0) is 65.9 Å². The first-order valence-corrected chi connectivity index (χ1v) is 13.1. The van der Waals surface area contributed by atoms with E-state index in [2.05, 4.69) is 38.2 Å². The van der Waals surface area contributed by atoms with Crippen molar-refractivity contribution >= 4 is 29.1 Å². The van der Waals surface area contributed by atoms with E-state index in [1.807, 2.05) is 0 Å². The Morgan fingerprint density at radius 2 is 1.89 bits per heavy atom. The number of amides is 1. The lowest BCUT2D eigenvalue weighted by Crippen LogP contribution is -2.24. The molecule has 0 saturated carbocycles. The average molecular weight is 513 g/mol. The highest BCUT2D eigenvalue weighted by Gasteiger charge is 2.24. The molecular formula is C26H33ClN6O3. The molecule has 0 aliphatic heterocycles. The van der Waals surface area contributed by atoms with E-state index in [0.717, 1.165) is 48.9 Å². The zero-order chi connectivity index (χ0) is 25.3. The molecule has 3 aromatic rings. The van der Waals surface area contributed by atoms with Crippen LogP contribution in [0.2, 0.25) is 5.02 Å². The van der Waals surface area contributed by atoms with Gasteiger partial charge in [-0.15, -0.1) is 0 Å². The number of hydrogen-bond acceptors (Lipinski definition) is 7. The van der Waals surface area contributed by atoms with E-state index in [4.69, 9.17) is 16.3 Å². The minimum atomic E-state index is -0.319. The number of H-pyrrole nitrogens is 1. The number of tetrazole rings is 1. The maximum absolute atomic E-state index is 12.7. The van der Waals surface area contributed by atoms with Crippen LogP contribution in [-0.2, 0) is 12.8 Å². The van der Waals surface area contributed by atoms with Gasteiger partial charge in [-0.25, -0.2) is 5.10 Å². The minimum Gasteiger partial charge on any atom is -0.507 e. The second kappa shape index (κ2) is 12.6. The van der Waals surface area contributed by atoms with E-state index in [9.17, 15) is 9.90 Å². The number of nitrogens with one attached hydrogen (secondary N) is 3. The van der Waals surface area contributed by atoms with Gasteiger partial charge in [-0.2, -0.15) is 0 Å². The van der Waals surface area contributed by atoms with Gasteiger partial charge in [0.15, 0.2) is 0 Å². The lowest BCUT2D eigenvalue weighted by Gasteiger charge is -2.17. The van der Waals surface area contributed by atoms with E-state index in [1.54, 1.807) is 18.2 Å². The van der Waals surface area contributed by atoms with Crippen molar-refractivity contribution in [2.24, 2.45) is 0 Å². The Labute approximate surface area is 216 Å². The number of hydrogen-bond donors (Lipinski definition) is 4. The molecule has 1 aliphatic carbocycles. The molecule has 0 spiro atoms. The SMILES string of the molecule is CCCCCCCCCNC(=O)c1cc(Oc2c(Cl)cc(Nc3nnn[nH]3)c3c2CCC3)ccc1O. The first kappa shape index (κ1) is 25.8. The van der Waals surface area contributed by atoms with E-state index in [0.29, 0.717) is 29.0 Å². The average Bonchev–Trinajstić information content (AvgIpc) is 3.56. The van der Waals surface area contributed by atoms with E-state index in [1.165, 1.54) is 38.2 Å². The summed E-state index contributed by atoms with van der Waals surface area (Å²) in [5.74, 6) is 1.02. The molecule has 36 heavy (non-hydrogen) atoms. The number of rotatable bonds is 13. The van der Waals surface area contributed by atoms with Crippen LogP contribution in [-0.4, -0.2) is 38.2 Å². The van der Waals surface area contributed by atoms with Crippen molar-refractivity contribution in [2.75, 3.05) is 11.9 Å². The van der Waals surface area contributed by atoms with Crippen LogP contribution in [0.5, 0.6) is 17.2 Å². The molecule has 0 unspecified atom stereocenters. The molecule has 0 atom stereocenters. The number of ether oxygens (including phenoxy) is 1. The molecule has 9 nitrogen and oxygen atoms in total. The molecule has 4 rings (SSSR count). The first-order valence-electron chi connectivity index (χ1n) is 12.7. The molecule has 4 N–H and O–H groups in total. The van der Waals surface area contributed by atoms with Crippen LogP contribution in [0.3, 0.4) is 0 Å². The Morgan fingerprint density at radius 3 is 2.67 bits per heavy atom. The molecule has 1 amide bonds. The molecule has 2 aromatic carbocycles. The Hall–Kier alpha value is -3.33. The summed E-state index contributed by atoms with van der Waals surface area (Å²) in [6.45, 7) is 2.78. The fraction of sp³-hybridized carbons (Fsp3) is 0.462. The Kier molecular flexibility index (Phi) is 9.00. The first-order chi connectivity index (χ1) is 17.6. The van der Waals surface area contributed by atoms with Crippen LogP contribution in [0.4, 0.5) is 11.6 Å². The number of phenolic OH excluding ortho intramolecular Hbond substituents is 1. The van der Waals surface area contributed by atoms with Crippen molar-refractivity contribution in [2.45, 2.75) is 71.1 Å². The highest BCUT2D eigenvalue weighted by atomic mass is 35.5. The zero-order valence-electron chi connectivity index (χ0n) is 20.6. The summed E-state index contributed by atoms with van der Waals surface area (Å²) in [5, 5.41) is 30.5. The van der Waals surface area contributed by atoms with Crippen LogP contribution < -0.4 is 15.4 Å². The molecule has 10 heteroatoms. The van der Waals surface area contributed by atoms with E-state index < -0.39 is 0 Å². The number of fused-ring (bicyclic) bond motifs is 1. The molecule has 0 fully saturated rings. The normalized spacial score (nSPS) is 12.4. The van der Waals surface area contributed by atoms with Gasteiger partial charge in [0.05, 0.1) is 10.6 Å². The predicted molar refractivity (Wildman–Crippen MR) is 139 cm³/mol. The van der Waals surface area contributed by atoms with Crippen LogP contribution in [0.1, 0.15) is 79.8 Å². The summed E-state index contributed by atoms with van der Waals surface area (Å²) in [6.07, 6.45) is 10.9. The van der Waals surface area contributed by atoms with Gasteiger partial charge in [0.2, 0.25) is 5.95 Å². The zero-order valence-corrected chi connectivity index (χ0v) is 21.3. The van der Waals surface area contributed by atoms with Gasteiger partial charge in [0, 0.05) is 17.8 Å². The molecule has 0 bridgehead atoms. The number of carbonyl (C=O) groups is 1.